The third-order valence-electron chi connectivity index (χ3n) is 14.4. The molecule has 0 unspecified atom stereocenters. The molecule has 0 radical (unpaired) electrons. The van der Waals surface area contributed by atoms with Crippen LogP contribution in [0.15, 0.2) is 201 Å². The summed E-state index contributed by atoms with van der Waals surface area (Å²) in [5, 5.41) is 7.31. The van der Waals surface area contributed by atoms with E-state index in [0.717, 1.165) is 38.8 Å². The van der Waals surface area contributed by atoms with Crippen molar-refractivity contribution >= 4 is 96.2 Å². The van der Waals surface area contributed by atoms with E-state index in [9.17, 15) is 0 Å². The van der Waals surface area contributed by atoms with E-state index >= 15 is 0 Å². The van der Waals surface area contributed by atoms with Gasteiger partial charge in [0.1, 0.15) is 0 Å². The van der Waals surface area contributed by atoms with E-state index in [1.807, 2.05) is 0 Å². The summed E-state index contributed by atoms with van der Waals surface area (Å²) in [7, 11) is -3.76. The number of nitrogens with zero attached hydrogens (tertiary/aromatic N) is 7. The predicted molar refractivity (Wildman–Crippen MR) is 263 cm³/mol. The van der Waals surface area contributed by atoms with Crippen LogP contribution in [0, 0.1) is 0 Å². The number of para-hydroxylation sites is 3. The van der Waals surface area contributed by atoms with Gasteiger partial charge in [-0.1, -0.05) is 115 Å². The van der Waals surface area contributed by atoms with E-state index in [-0.39, 0.29) is 0 Å². The Morgan fingerprint density at radius 3 is 1.27 bits per heavy atom. The average Bonchev–Trinajstić information content (AvgIpc) is 4.17. The van der Waals surface area contributed by atoms with E-state index in [4.69, 9.17) is 9.97 Å². The maximum Gasteiger partial charge on any atom is 0.523 e. The van der Waals surface area contributed by atoms with E-state index < -0.39 is 8.72 Å². The molecule has 0 saturated carbocycles. The zero-order chi connectivity index (χ0) is 41.4. The van der Waals surface area contributed by atoms with Crippen LogP contribution in [0.3, 0.4) is 0 Å². The van der Waals surface area contributed by atoms with Crippen molar-refractivity contribution in [1.82, 2.24) is 31.5 Å². The first kappa shape index (κ1) is 33.2. The van der Waals surface area contributed by atoms with E-state index in [2.05, 4.69) is 222 Å². The normalized spacial score (nSPS) is 13.8. The molecule has 64 heavy (non-hydrogen) atoms. The van der Waals surface area contributed by atoms with Crippen LogP contribution in [-0.4, -0.2) is 40.2 Å². The van der Waals surface area contributed by atoms with E-state index in [1.165, 1.54) is 87.8 Å². The minimum absolute atomic E-state index is 0.978. The summed E-state index contributed by atoms with van der Waals surface area (Å²) >= 11 is 0. The van der Waals surface area contributed by atoms with Crippen molar-refractivity contribution in [3.05, 3.63) is 201 Å². The van der Waals surface area contributed by atoms with Gasteiger partial charge in [0, 0.05) is 60.2 Å². The maximum absolute atomic E-state index is 5.39. The van der Waals surface area contributed by atoms with Gasteiger partial charge in [0.15, 0.2) is 0 Å². The molecule has 0 bridgehead atoms. The lowest BCUT2D eigenvalue weighted by Gasteiger charge is -2.37. The van der Waals surface area contributed by atoms with Gasteiger partial charge in [0.05, 0.1) is 56.8 Å². The summed E-state index contributed by atoms with van der Waals surface area (Å²) in [6.07, 6.45) is 4.31. The van der Waals surface area contributed by atoms with Gasteiger partial charge in [-0.05, 0) is 95.1 Å². The number of benzene rings is 9. The lowest BCUT2D eigenvalue weighted by molar-refractivity contribution is 0.888. The van der Waals surface area contributed by atoms with Crippen LogP contribution in [-0.2, 0) is 0 Å². The van der Waals surface area contributed by atoms with Crippen molar-refractivity contribution in [2.75, 3.05) is 0 Å². The Kier molecular flexibility index (Phi) is 5.97. The number of aromatic nitrogens is 7. The van der Waals surface area contributed by atoms with Crippen molar-refractivity contribution in [2.24, 2.45) is 0 Å². The molecule has 16 rings (SSSR count). The summed E-state index contributed by atoms with van der Waals surface area (Å²) in [6.45, 7) is 0. The quantitative estimate of drug-likeness (QED) is 0.167. The van der Waals surface area contributed by atoms with Crippen molar-refractivity contribution < 1.29 is 0 Å². The van der Waals surface area contributed by atoms with E-state index in [1.54, 1.807) is 0 Å². The highest BCUT2D eigenvalue weighted by molar-refractivity contribution is 6.80. The number of hydrogen-bond donors (Lipinski definition) is 0. The summed E-state index contributed by atoms with van der Waals surface area (Å²) < 4.78 is 13.2. The third-order valence-corrected chi connectivity index (χ3v) is 18.5. The van der Waals surface area contributed by atoms with Crippen LogP contribution in [0.25, 0.3) is 127 Å². The molecule has 296 valence electrons. The number of imidazole rings is 2. The fourth-order valence-electron chi connectivity index (χ4n) is 12.0. The van der Waals surface area contributed by atoms with Crippen LogP contribution in [0.4, 0.5) is 0 Å². The minimum Gasteiger partial charge on any atom is -0.314 e. The number of hydrogen-bond acceptors (Lipinski definition) is 2. The molecule has 5 aromatic heterocycles. The highest BCUT2D eigenvalue weighted by atomic mass is 28.4. The zero-order valence-electron chi connectivity index (χ0n) is 34.2. The minimum atomic E-state index is -3.76. The van der Waals surface area contributed by atoms with Gasteiger partial charge in [0.25, 0.3) is 0 Å². The first-order chi connectivity index (χ1) is 31.8. The molecule has 1 spiro atoms. The molecule has 0 saturated heterocycles. The van der Waals surface area contributed by atoms with Crippen molar-refractivity contribution in [1.29, 1.82) is 0 Å². The highest BCUT2D eigenvalue weighted by Gasteiger charge is 2.54. The molecule has 0 N–H and O–H groups in total. The Morgan fingerprint density at radius 2 is 0.781 bits per heavy atom. The molecular weight excluding hydrogens is 799 g/mol. The molecule has 0 atom stereocenters. The smallest absolute Gasteiger partial charge is 0.314 e. The van der Waals surface area contributed by atoms with Crippen LogP contribution in [0.1, 0.15) is 0 Å². The second kappa shape index (κ2) is 11.5. The predicted octanol–water partition coefficient (Wildman–Crippen LogP) is 13.3. The standard InChI is InChI=1S/C56H33N7Si/c1-4-14-34(15-5-1)36-28-41-39-20-10-12-22-47(39)62-53(41)43(30-36)44-31-37(35-16-6-2-7-17-35)29-42-40-21-11-13-23-48(40)63(54(42)44)64(62)59-32-57-45-24-26-49-51(55(45)59)52-50(61(49)38-18-8-3-9-19-38)27-25-46-56(52)60(64)33-58-46/h1-33H. The van der Waals surface area contributed by atoms with Gasteiger partial charge in [-0.25, -0.2) is 9.97 Å². The molecule has 2 aliphatic heterocycles. The fraction of sp³-hybridized carbons (Fsp3) is 0. The van der Waals surface area contributed by atoms with Gasteiger partial charge in [0.2, 0.25) is 0 Å². The Bertz CT molecular complexity index is 4100. The zero-order valence-corrected chi connectivity index (χ0v) is 35.2. The Balaban J connectivity index is 1.22. The van der Waals surface area contributed by atoms with Crippen LogP contribution in [0.2, 0.25) is 0 Å². The lowest BCUT2D eigenvalue weighted by Crippen LogP contribution is -2.63. The fourth-order valence-corrected chi connectivity index (χ4v) is 16.9. The Labute approximate surface area is 365 Å². The molecule has 8 heteroatoms. The summed E-state index contributed by atoms with van der Waals surface area (Å²) in [6, 6.07) is 69.5. The van der Waals surface area contributed by atoms with Crippen LogP contribution >= 0.6 is 0 Å². The van der Waals surface area contributed by atoms with Crippen LogP contribution in [0.5, 0.6) is 0 Å². The Morgan fingerprint density at radius 1 is 0.344 bits per heavy atom. The largest absolute Gasteiger partial charge is 0.523 e. The van der Waals surface area contributed by atoms with Crippen LogP contribution < -0.4 is 0 Å². The maximum atomic E-state index is 5.39. The topological polar surface area (TPSA) is 50.4 Å². The second-order valence-electron chi connectivity index (χ2n) is 17.4. The van der Waals surface area contributed by atoms with Crippen molar-refractivity contribution in [3.8, 4) is 39.1 Å². The van der Waals surface area contributed by atoms with Crippen molar-refractivity contribution in [2.45, 2.75) is 0 Å². The molecule has 9 aromatic carbocycles. The van der Waals surface area contributed by atoms with E-state index in [0.29, 0.717) is 0 Å². The van der Waals surface area contributed by atoms with Gasteiger partial charge >= 0.3 is 8.72 Å². The SMILES string of the molecule is c1ccc(-c2cc3c4c(c2)c2ccccc2n4[Si]2(n4cnc5ccc6c(c7c8c(ccc7n6-c6ccccc6)ncn82)c54)n2c4ccccc4c4cc(-c5ccccc5)cc-3c42)cc1. The molecule has 14 aromatic rings. The molecule has 0 aliphatic carbocycles. The molecule has 0 fully saturated rings. The highest BCUT2D eigenvalue weighted by Crippen LogP contribution is 2.53. The lowest BCUT2D eigenvalue weighted by atomic mass is 9.92. The summed E-state index contributed by atoms with van der Waals surface area (Å²) in [4.78, 5) is 10.8. The first-order valence-electron chi connectivity index (χ1n) is 21.9. The monoisotopic (exact) mass is 831 g/mol. The molecule has 7 heterocycles. The van der Waals surface area contributed by atoms with Gasteiger partial charge < -0.3 is 21.5 Å². The summed E-state index contributed by atoms with van der Waals surface area (Å²) in [5.74, 6) is 0. The molecule has 2 aliphatic rings. The molecular formula is C56H33N7Si. The Hall–Kier alpha value is -8.46. The molecule has 7 nitrogen and oxygen atoms in total. The number of fused-ring (bicyclic) bond motifs is 11. The van der Waals surface area contributed by atoms with Gasteiger partial charge in [-0.15, -0.1) is 0 Å². The average molecular weight is 832 g/mol. The summed E-state index contributed by atoms with van der Waals surface area (Å²) in [5.41, 5.74) is 19.7. The first-order valence-corrected chi connectivity index (χ1v) is 23.7. The van der Waals surface area contributed by atoms with Crippen molar-refractivity contribution in [3.63, 3.8) is 0 Å². The third kappa shape index (κ3) is 3.79. The molecule has 0 amide bonds. The second-order valence-corrected chi connectivity index (χ2v) is 20.5. The van der Waals surface area contributed by atoms with Gasteiger partial charge in [-0.3, -0.25) is 0 Å². The number of rotatable bonds is 3. The van der Waals surface area contributed by atoms with Gasteiger partial charge in [-0.2, -0.15) is 0 Å².